The molecule has 2 atom stereocenters. The Labute approximate surface area is 85.2 Å². The Kier molecular flexibility index (Phi) is 4.63. The van der Waals surface area contributed by atoms with E-state index in [2.05, 4.69) is 0 Å². The summed E-state index contributed by atoms with van der Waals surface area (Å²) in [5.41, 5.74) is 0.956. The third-order valence-corrected chi connectivity index (χ3v) is 2.43. The molecule has 0 spiro atoms. The zero-order valence-electron chi connectivity index (χ0n) is 8.56. The molecule has 78 valence electrons. The zero-order valence-corrected chi connectivity index (χ0v) is 8.56. The molecule has 0 radical (unpaired) electrons. The van der Waals surface area contributed by atoms with Crippen LogP contribution >= 0.6 is 0 Å². The first-order chi connectivity index (χ1) is 6.74. The molecule has 0 aromatic heterocycles. The van der Waals surface area contributed by atoms with Gasteiger partial charge in [-0.3, -0.25) is 0 Å². The van der Waals surface area contributed by atoms with Gasteiger partial charge in [-0.25, -0.2) is 0 Å². The summed E-state index contributed by atoms with van der Waals surface area (Å²) in [5.74, 6) is 0.272. The van der Waals surface area contributed by atoms with Gasteiger partial charge in [0, 0.05) is 6.61 Å². The van der Waals surface area contributed by atoms with Crippen LogP contribution in [0.2, 0.25) is 0 Å². The van der Waals surface area contributed by atoms with Gasteiger partial charge in [-0.2, -0.15) is 0 Å². The van der Waals surface area contributed by atoms with E-state index < -0.39 is 6.10 Å². The minimum atomic E-state index is -0.398. The van der Waals surface area contributed by atoms with Crippen LogP contribution in [0.25, 0.3) is 0 Å². The molecule has 1 aromatic rings. The van der Waals surface area contributed by atoms with Crippen LogP contribution in [0.15, 0.2) is 30.3 Å². The third kappa shape index (κ3) is 3.48. The average Bonchev–Trinajstić information content (AvgIpc) is 2.26. The second-order valence-corrected chi connectivity index (χ2v) is 3.79. The summed E-state index contributed by atoms with van der Waals surface area (Å²) in [6.45, 7) is 2.18. The van der Waals surface area contributed by atoms with Crippen molar-refractivity contribution in [2.75, 3.05) is 6.61 Å². The SMILES string of the molecule is CC(CO)CCC(O)c1ccccc1. The number of hydrogen-bond acceptors (Lipinski definition) is 2. The summed E-state index contributed by atoms with van der Waals surface area (Å²) in [7, 11) is 0. The second-order valence-electron chi connectivity index (χ2n) is 3.79. The van der Waals surface area contributed by atoms with E-state index in [1.165, 1.54) is 0 Å². The molecule has 14 heavy (non-hydrogen) atoms. The van der Waals surface area contributed by atoms with Crippen molar-refractivity contribution in [2.24, 2.45) is 5.92 Å². The van der Waals surface area contributed by atoms with Gasteiger partial charge in [0.25, 0.3) is 0 Å². The van der Waals surface area contributed by atoms with Crippen molar-refractivity contribution in [3.8, 4) is 0 Å². The van der Waals surface area contributed by atoms with Gasteiger partial charge >= 0.3 is 0 Å². The highest BCUT2D eigenvalue weighted by molar-refractivity contribution is 5.16. The van der Waals surface area contributed by atoms with Crippen molar-refractivity contribution in [1.82, 2.24) is 0 Å². The molecule has 0 saturated heterocycles. The molecular formula is C12H18O2. The van der Waals surface area contributed by atoms with E-state index in [1.807, 2.05) is 37.3 Å². The van der Waals surface area contributed by atoms with Gasteiger partial charge in [0.2, 0.25) is 0 Å². The molecular weight excluding hydrogens is 176 g/mol. The minimum absolute atomic E-state index is 0.196. The van der Waals surface area contributed by atoms with Crippen molar-refractivity contribution >= 4 is 0 Å². The Balaban J connectivity index is 2.39. The molecule has 2 nitrogen and oxygen atoms in total. The van der Waals surface area contributed by atoms with Gasteiger partial charge in [0.15, 0.2) is 0 Å². The van der Waals surface area contributed by atoms with Crippen LogP contribution in [0, 0.1) is 5.92 Å². The van der Waals surface area contributed by atoms with Gasteiger partial charge < -0.3 is 10.2 Å². The molecule has 0 bridgehead atoms. The van der Waals surface area contributed by atoms with Crippen molar-refractivity contribution in [2.45, 2.75) is 25.9 Å². The summed E-state index contributed by atoms with van der Waals surface area (Å²) >= 11 is 0. The van der Waals surface area contributed by atoms with E-state index in [-0.39, 0.29) is 12.5 Å². The highest BCUT2D eigenvalue weighted by Gasteiger charge is 2.08. The van der Waals surface area contributed by atoms with Crippen LogP contribution < -0.4 is 0 Å². The molecule has 0 aliphatic carbocycles. The first-order valence-corrected chi connectivity index (χ1v) is 5.08. The molecule has 0 fully saturated rings. The number of hydrogen-bond donors (Lipinski definition) is 2. The zero-order chi connectivity index (χ0) is 10.4. The lowest BCUT2D eigenvalue weighted by atomic mass is 9.99. The van der Waals surface area contributed by atoms with Crippen LogP contribution in [0.3, 0.4) is 0 Å². The highest BCUT2D eigenvalue weighted by atomic mass is 16.3. The third-order valence-electron chi connectivity index (χ3n) is 2.43. The second kappa shape index (κ2) is 5.78. The maximum Gasteiger partial charge on any atom is 0.0790 e. The van der Waals surface area contributed by atoms with Crippen LogP contribution in [0.5, 0.6) is 0 Å². The Bertz CT molecular complexity index is 246. The topological polar surface area (TPSA) is 40.5 Å². The molecule has 2 unspecified atom stereocenters. The van der Waals surface area contributed by atoms with Gasteiger partial charge in [-0.1, -0.05) is 37.3 Å². The summed E-state index contributed by atoms with van der Waals surface area (Å²) < 4.78 is 0. The van der Waals surface area contributed by atoms with Crippen molar-refractivity contribution in [1.29, 1.82) is 0 Å². The first kappa shape index (κ1) is 11.2. The fourth-order valence-corrected chi connectivity index (χ4v) is 1.38. The normalized spacial score (nSPS) is 15.1. The van der Waals surface area contributed by atoms with E-state index in [4.69, 9.17) is 5.11 Å². The molecule has 2 N–H and O–H groups in total. The summed E-state index contributed by atoms with van der Waals surface area (Å²) in [6.07, 6.45) is 1.17. The summed E-state index contributed by atoms with van der Waals surface area (Å²) in [5, 5.41) is 18.6. The smallest absolute Gasteiger partial charge is 0.0790 e. The minimum Gasteiger partial charge on any atom is -0.396 e. The van der Waals surface area contributed by atoms with E-state index in [0.717, 1.165) is 12.0 Å². The molecule has 0 aliphatic rings. The maximum absolute atomic E-state index is 9.78. The first-order valence-electron chi connectivity index (χ1n) is 5.08. The van der Waals surface area contributed by atoms with Gasteiger partial charge in [0.05, 0.1) is 6.10 Å². The summed E-state index contributed by atoms with van der Waals surface area (Å²) in [4.78, 5) is 0. The van der Waals surface area contributed by atoms with Crippen LogP contribution in [-0.2, 0) is 0 Å². The monoisotopic (exact) mass is 194 g/mol. The molecule has 1 aromatic carbocycles. The predicted molar refractivity (Wildman–Crippen MR) is 56.9 cm³/mol. The number of aliphatic hydroxyl groups excluding tert-OH is 2. The Morgan fingerprint density at radius 2 is 1.79 bits per heavy atom. The molecule has 0 heterocycles. The van der Waals surface area contributed by atoms with Crippen LogP contribution in [0.1, 0.15) is 31.4 Å². The lowest BCUT2D eigenvalue weighted by Gasteiger charge is -2.13. The Morgan fingerprint density at radius 3 is 2.36 bits per heavy atom. The number of benzene rings is 1. The number of rotatable bonds is 5. The maximum atomic E-state index is 9.78. The van der Waals surface area contributed by atoms with E-state index in [0.29, 0.717) is 6.42 Å². The molecule has 0 amide bonds. The van der Waals surface area contributed by atoms with Gasteiger partial charge in [-0.05, 0) is 24.3 Å². The van der Waals surface area contributed by atoms with Gasteiger partial charge in [-0.15, -0.1) is 0 Å². The number of aliphatic hydroxyl groups is 2. The molecule has 0 saturated carbocycles. The lowest BCUT2D eigenvalue weighted by molar-refractivity contribution is 0.146. The molecule has 0 aliphatic heterocycles. The molecule has 1 rings (SSSR count). The average molecular weight is 194 g/mol. The lowest BCUT2D eigenvalue weighted by Crippen LogP contribution is -2.04. The van der Waals surface area contributed by atoms with Crippen molar-refractivity contribution < 1.29 is 10.2 Å². The molecule has 2 heteroatoms. The predicted octanol–water partition coefficient (Wildman–Crippen LogP) is 2.13. The van der Waals surface area contributed by atoms with Crippen LogP contribution in [-0.4, -0.2) is 16.8 Å². The highest BCUT2D eigenvalue weighted by Crippen LogP contribution is 2.20. The van der Waals surface area contributed by atoms with Crippen molar-refractivity contribution in [3.63, 3.8) is 0 Å². The summed E-state index contributed by atoms with van der Waals surface area (Å²) in [6, 6.07) is 9.64. The van der Waals surface area contributed by atoms with E-state index in [9.17, 15) is 5.11 Å². The van der Waals surface area contributed by atoms with Crippen LogP contribution in [0.4, 0.5) is 0 Å². The fourth-order valence-electron chi connectivity index (χ4n) is 1.38. The van der Waals surface area contributed by atoms with E-state index in [1.54, 1.807) is 0 Å². The Hall–Kier alpha value is -0.860. The van der Waals surface area contributed by atoms with Crippen molar-refractivity contribution in [3.05, 3.63) is 35.9 Å². The fraction of sp³-hybridized carbons (Fsp3) is 0.500. The van der Waals surface area contributed by atoms with Gasteiger partial charge in [0.1, 0.15) is 0 Å². The standard InChI is InChI=1S/C12H18O2/c1-10(9-13)7-8-12(14)11-5-3-2-4-6-11/h2-6,10,12-14H,7-9H2,1H3. The largest absolute Gasteiger partial charge is 0.396 e. The Morgan fingerprint density at radius 1 is 1.14 bits per heavy atom. The quantitative estimate of drug-likeness (QED) is 0.753. The van der Waals surface area contributed by atoms with E-state index >= 15 is 0 Å².